The van der Waals surface area contributed by atoms with Crippen LogP contribution in [0.25, 0.3) is 0 Å². The molecule has 0 aliphatic rings. The Kier molecular flexibility index (Phi) is 1.97. The van der Waals surface area contributed by atoms with Crippen molar-refractivity contribution in [2.45, 2.75) is 6.92 Å². The number of nitrogens with one attached hydrogen (secondary N) is 1. The zero-order valence-electron chi connectivity index (χ0n) is 5.43. The minimum absolute atomic E-state index is 0.213. The number of halogens is 1. The standard InChI is InChI=1S/C6H6ClN3/c1-4(8)5-2-9-6(7)10-3-5/h2-3,8H,1H3. The molecular formula is C6H6ClN3. The molecule has 0 bridgehead atoms. The van der Waals surface area contributed by atoms with E-state index in [0.29, 0.717) is 11.3 Å². The molecule has 1 aromatic heterocycles. The van der Waals surface area contributed by atoms with Crippen molar-refractivity contribution in [1.82, 2.24) is 9.97 Å². The van der Waals surface area contributed by atoms with Gasteiger partial charge >= 0.3 is 0 Å². The van der Waals surface area contributed by atoms with Crippen LogP contribution >= 0.6 is 11.6 Å². The van der Waals surface area contributed by atoms with Gasteiger partial charge < -0.3 is 5.41 Å². The summed E-state index contributed by atoms with van der Waals surface area (Å²) in [7, 11) is 0. The first kappa shape index (κ1) is 7.15. The second-order valence-electron chi connectivity index (χ2n) is 1.87. The minimum atomic E-state index is 0.213. The van der Waals surface area contributed by atoms with Crippen LogP contribution in [0, 0.1) is 5.41 Å². The minimum Gasteiger partial charge on any atom is -0.305 e. The largest absolute Gasteiger partial charge is 0.305 e. The maximum Gasteiger partial charge on any atom is 0.222 e. The molecule has 0 aromatic carbocycles. The molecule has 0 atom stereocenters. The van der Waals surface area contributed by atoms with Gasteiger partial charge in [-0.3, -0.25) is 0 Å². The highest BCUT2D eigenvalue weighted by Crippen LogP contribution is 2.00. The molecule has 0 radical (unpaired) electrons. The monoisotopic (exact) mass is 155 g/mol. The molecule has 0 aliphatic heterocycles. The van der Waals surface area contributed by atoms with Crippen LogP contribution in [0.5, 0.6) is 0 Å². The Bertz CT molecular complexity index is 242. The van der Waals surface area contributed by atoms with Crippen LogP contribution in [0.3, 0.4) is 0 Å². The van der Waals surface area contributed by atoms with E-state index in [1.807, 2.05) is 0 Å². The van der Waals surface area contributed by atoms with E-state index < -0.39 is 0 Å². The highest BCUT2D eigenvalue weighted by Gasteiger charge is 1.94. The molecule has 1 rings (SSSR count). The third-order valence-electron chi connectivity index (χ3n) is 1.05. The normalized spacial score (nSPS) is 9.40. The Hall–Kier alpha value is -0.960. The van der Waals surface area contributed by atoms with E-state index >= 15 is 0 Å². The molecular weight excluding hydrogens is 150 g/mol. The maximum atomic E-state index is 7.18. The molecule has 1 N–H and O–H groups in total. The van der Waals surface area contributed by atoms with Gasteiger partial charge in [0.25, 0.3) is 0 Å². The summed E-state index contributed by atoms with van der Waals surface area (Å²) in [5.74, 6) is 0. The molecule has 52 valence electrons. The zero-order valence-corrected chi connectivity index (χ0v) is 6.18. The first-order valence-corrected chi connectivity index (χ1v) is 3.11. The molecule has 1 aromatic rings. The smallest absolute Gasteiger partial charge is 0.222 e. The summed E-state index contributed by atoms with van der Waals surface area (Å²) in [5.41, 5.74) is 1.14. The maximum absolute atomic E-state index is 7.18. The fourth-order valence-corrected chi connectivity index (χ4v) is 0.604. The lowest BCUT2D eigenvalue weighted by Gasteiger charge is -1.93. The van der Waals surface area contributed by atoms with Gasteiger partial charge in [-0.1, -0.05) is 0 Å². The van der Waals surface area contributed by atoms with E-state index in [9.17, 15) is 0 Å². The van der Waals surface area contributed by atoms with Crippen LogP contribution < -0.4 is 0 Å². The van der Waals surface area contributed by atoms with Gasteiger partial charge in [0.2, 0.25) is 5.28 Å². The van der Waals surface area contributed by atoms with E-state index in [4.69, 9.17) is 17.0 Å². The van der Waals surface area contributed by atoms with Crippen molar-refractivity contribution in [2.24, 2.45) is 0 Å². The van der Waals surface area contributed by atoms with E-state index in [1.165, 1.54) is 12.4 Å². The van der Waals surface area contributed by atoms with Gasteiger partial charge in [0.05, 0.1) is 0 Å². The SMILES string of the molecule is CC(=N)c1cnc(Cl)nc1. The molecule has 0 unspecified atom stereocenters. The van der Waals surface area contributed by atoms with E-state index in [0.717, 1.165) is 0 Å². The van der Waals surface area contributed by atoms with Crippen LogP contribution in [0.1, 0.15) is 12.5 Å². The summed E-state index contributed by atoms with van der Waals surface area (Å²) >= 11 is 5.42. The fraction of sp³-hybridized carbons (Fsp3) is 0.167. The zero-order chi connectivity index (χ0) is 7.56. The number of aromatic nitrogens is 2. The molecule has 4 heteroatoms. The molecule has 0 spiro atoms. The Morgan fingerprint density at radius 1 is 1.50 bits per heavy atom. The lowest BCUT2D eigenvalue weighted by molar-refractivity contribution is 1.15. The predicted octanol–water partition coefficient (Wildman–Crippen LogP) is 1.52. The van der Waals surface area contributed by atoms with Crippen LogP contribution in [0.2, 0.25) is 5.28 Å². The summed E-state index contributed by atoms with van der Waals surface area (Å²) in [6.07, 6.45) is 3.05. The lowest BCUT2D eigenvalue weighted by atomic mass is 10.2. The Morgan fingerprint density at radius 3 is 2.40 bits per heavy atom. The van der Waals surface area contributed by atoms with E-state index in [-0.39, 0.29) is 5.28 Å². The van der Waals surface area contributed by atoms with Crippen molar-refractivity contribution < 1.29 is 0 Å². The predicted molar refractivity (Wildman–Crippen MR) is 39.5 cm³/mol. The third-order valence-corrected chi connectivity index (χ3v) is 1.25. The molecule has 3 nitrogen and oxygen atoms in total. The highest BCUT2D eigenvalue weighted by atomic mass is 35.5. The molecule has 0 aliphatic carbocycles. The van der Waals surface area contributed by atoms with Crippen LogP contribution in [-0.4, -0.2) is 15.7 Å². The molecule has 0 saturated heterocycles. The first-order chi connectivity index (χ1) is 4.70. The van der Waals surface area contributed by atoms with Gasteiger partial charge in [-0.15, -0.1) is 0 Å². The molecule has 0 saturated carbocycles. The van der Waals surface area contributed by atoms with Gasteiger partial charge in [0.15, 0.2) is 0 Å². The van der Waals surface area contributed by atoms with Gasteiger partial charge in [-0.05, 0) is 18.5 Å². The summed E-state index contributed by atoms with van der Waals surface area (Å²) in [4.78, 5) is 7.43. The number of nitrogens with zero attached hydrogens (tertiary/aromatic N) is 2. The van der Waals surface area contributed by atoms with Crippen LogP contribution in [-0.2, 0) is 0 Å². The number of hydrogen-bond acceptors (Lipinski definition) is 3. The first-order valence-electron chi connectivity index (χ1n) is 2.73. The third kappa shape index (κ3) is 1.51. The summed E-state index contributed by atoms with van der Waals surface area (Å²) in [6.45, 7) is 1.67. The Balaban J connectivity index is 3.00. The molecule has 0 fully saturated rings. The quantitative estimate of drug-likeness (QED) is 0.494. The van der Waals surface area contributed by atoms with Crippen LogP contribution in [0.15, 0.2) is 12.4 Å². The Morgan fingerprint density at radius 2 is 2.00 bits per heavy atom. The molecule has 1 heterocycles. The highest BCUT2D eigenvalue weighted by molar-refractivity contribution is 6.28. The van der Waals surface area contributed by atoms with Crippen LogP contribution in [0.4, 0.5) is 0 Å². The average molecular weight is 156 g/mol. The lowest BCUT2D eigenvalue weighted by Crippen LogP contribution is -1.94. The van der Waals surface area contributed by atoms with Crippen molar-refractivity contribution >= 4 is 17.3 Å². The van der Waals surface area contributed by atoms with Crippen molar-refractivity contribution in [3.05, 3.63) is 23.2 Å². The van der Waals surface area contributed by atoms with Crippen molar-refractivity contribution in [3.63, 3.8) is 0 Å². The van der Waals surface area contributed by atoms with Crippen molar-refractivity contribution in [3.8, 4) is 0 Å². The Labute approximate surface area is 63.6 Å². The summed E-state index contributed by atoms with van der Waals surface area (Å²) in [5, 5.41) is 7.40. The van der Waals surface area contributed by atoms with Gasteiger partial charge in [0.1, 0.15) is 0 Å². The number of hydrogen-bond donors (Lipinski definition) is 1. The molecule has 10 heavy (non-hydrogen) atoms. The van der Waals surface area contributed by atoms with Gasteiger partial charge in [-0.2, -0.15) is 0 Å². The van der Waals surface area contributed by atoms with Crippen molar-refractivity contribution in [2.75, 3.05) is 0 Å². The summed E-state index contributed by atoms with van der Waals surface area (Å²) in [6, 6.07) is 0. The topological polar surface area (TPSA) is 49.6 Å². The fourth-order valence-electron chi connectivity index (χ4n) is 0.506. The second-order valence-corrected chi connectivity index (χ2v) is 2.20. The summed E-state index contributed by atoms with van der Waals surface area (Å²) < 4.78 is 0. The number of rotatable bonds is 1. The molecule has 0 amide bonds. The average Bonchev–Trinajstić information content (AvgIpc) is 1.88. The van der Waals surface area contributed by atoms with E-state index in [1.54, 1.807) is 6.92 Å². The van der Waals surface area contributed by atoms with Gasteiger partial charge in [-0.25, -0.2) is 9.97 Å². The second kappa shape index (κ2) is 2.75. The van der Waals surface area contributed by atoms with Gasteiger partial charge in [0, 0.05) is 23.7 Å². The van der Waals surface area contributed by atoms with E-state index in [2.05, 4.69) is 9.97 Å². The van der Waals surface area contributed by atoms with Crippen molar-refractivity contribution in [1.29, 1.82) is 5.41 Å².